The smallest absolute Gasteiger partial charge is 0.251 e. The third-order valence-corrected chi connectivity index (χ3v) is 3.74. The molecule has 1 heterocycles. The van der Waals surface area contributed by atoms with E-state index in [1.807, 2.05) is 19.1 Å². The molecule has 2 unspecified atom stereocenters. The molecule has 0 aromatic heterocycles. The topological polar surface area (TPSA) is 67.8 Å². The summed E-state index contributed by atoms with van der Waals surface area (Å²) in [5.74, 6) is -0.193. The van der Waals surface area contributed by atoms with Gasteiger partial charge in [-0.2, -0.15) is 0 Å². The third kappa shape index (κ3) is 3.36. The van der Waals surface area contributed by atoms with Crippen LogP contribution in [0.25, 0.3) is 0 Å². The fraction of sp³-hybridized carbons (Fsp3) is 0.533. The molecule has 1 aliphatic heterocycles. The number of hydrogen-bond donors (Lipinski definition) is 2. The Balaban J connectivity index is 1.91. The van der Waals surface area contributed by atoms with Crippen molar-refractivity contribution >= 4 is 5.91 Å². The van der Waals surface area contributed by atoms with Gasteiger partial charge in [-0.05, 0) is 24.6 Å². The van der Waals surface area contributed by atoms with Crippen LogP contribution in [-0.4, -0.2) is 43.0 Å². The molecule has 0 saturated carbocycles. The third-order valence-electron chi connectivity index (χ3n) is 3.74. The van der Waals surface area contributed by atoms with Crippen LogP contribution in [0.5, 0.6) is 0 Å². The molecule has 2 rings (SSSR count). The molecule has 0 aliphatic carbocycles. The van der Waals surface area contributed by atoms with Gasteiger partial charge in [0.05, 0.1) is 12.7 Å². The van der Waals surface area contributed by atoms with Crippen LogP contribution in [0.1, 0.15) is 29.3 Å². The zero-order chi connectivity index (χ0) is 14.6. The monoisotopic (exact) mass is 279 g/mol. The van der Waals surface area contributed by atoms with Gasteiger partial charge in [0.2, 0.25) is 0 Å². The Morgan fingerprint density at radius 3 is 2.75 bits per heavy atom. The second kappa shape index (κ2) is 6.35. The second-order valence-electron chi connectivity index (χ2n) is 5.18. The molecule has 5 heteroatoms. The molecule has 2 atom stereocenters. The van der Waals surface area contributed by atoms with Crippen LogP contribution in [0.3, 0.4) is 0 Å². The molecule has 1 aromatic rings. The number of methoxy groups -OCH3 is 1. The maximum atomic E-state index is 12.0. The average molecular weight is 279 g/mol. The number of carbonyl (C=O) groups is 1. The fourth-order valence-electron chi connectivity index (χ4n) is 2.26. The Morgan fingerprint density at radius 1 is 1.50 bits per heavy atom. The number of amides is 1. The number of ether oxygens (including phenoxy) is 2. The molecule has 1 fully saturated rings. The highest BCUT2D eigenvalue weighted by Crippen LogP contribution is 2.24. The first kappa shape index (κ1) is 15.0. The van der Waals surface area contributed by atoms with Crippen molar-refractivity contribution in [2.45, 2.75) is 31.7 Å². The van der Waals surface area contributed by atoms with E-state index < -0.39 is 5.60 Å². The zero-order valence-electron chi connectivity index (χ0n) is 11.9. The summed E-state index contributed by atoms with van der Waals surface area (Å²) in [7, 11) is 1.63. The molecule has 110 valence electrons. The van der Waals surface area contributed by atoms with Gasteiger partial charge in [-0.3, -0.25) is 4.79 Å². The van der Waals surface area contributed by atoms with Gasteiger partial charge < -0.3 is 19.9 Å². The predicted octanol–water partition coefficient (Wildman–Crippen LogP) is 1.10. The molecular formula is C15H21NO4. The minimum Gasteiger partial charge on any atom is -0.385 e. The van der Waals surface area contributed by atoms with Gasteiger partial charge in [0.1, 0.15) is 5.60 Å². The van der Waals surface area contributed by atoms with Gasteiger partial charge >= 0.3 is 0 Å². The van der Waals surface area contributed by atoms with E-state index >= 15 is 0 Å². The van der Waals surface area contributed by atoms with Crippen molar-refractivity contribution in [2.24, 2.45) is 0 Å². The lowest BCUT2D eigenvalue weighted by atomic mass is 9.96. The van der Waals surface area contributed by atoms with Crippen LogP contribution in [0.2, 0.25) is 0 Å². The maximum Gasteiger partial charge on any atom is 0.251 e. The molecule has 1 aliphatic rings. The van der Waals surface area contributed by atoms with Gasteiger partial charge in [-0.1, -0.05) is 12.1 Å². The molecular weight excluding hydrogens is 258 g/mol. The standard InChI is InChI=1S/C15H21NO4/c1-11-15(18,7-8-20-11)10-16-14(17)13-5-3-12(4-6-13)9-19-2/h3-6,11,18H,7-10H2,1-2H3,(H,16,17). The summed E-state index contributed by atoms with van der Waals surface area (Å²) in [6.07, 6.45) is 0.285. The average Bonchev–Trinajstić information content (AvgIpc) is 2.78. The SMILES string of the molecule is COCc1ccc(C(=O)NCC2(O)CCOC2C)cc1. The molecule has 2 N–H and O–H groups in total. The van der Waals surface area contributed by atoms with Crippen LogP contribution in [0, 0.1) is 0 Å². The summed E-state index contributed by atoms with van der Waals surface area (Å²) < 4.78 is 10.4. The largest absolute Gasteiger partial charge is 0.385 e. The molecule has 20 heavy (non-hydrogen) atoms. The van der Waals surface area contributed by atoms with Crippen LogP contribution >= 0.6 is 0 Å². The van der Waals surface area contributed by atoms with Crippen molar-refractivity contribution < 1.29 is 19.4 Å². The first-order valence-corrected chi connectivity index (χ1v) is 6.75. The van der Waals surface area contributed by atoms with Gasteiger partial charge in [0, 0.05) is 32.2 Å². The molecule has 0 radical (unpaired) electrons. The lowest BCUT2D eigenvalue weighted by Gasteiger charge is -2.26. The Hall–Kier alpha value is -1.43. The van der Waals surface area contributed by atoms with E-state index in [1.54, 1.807) is 19.2 Å². The van der Waals surface area contributed by atoms with Crippen molar-refractivity contribution in [3.05, 3.63) is 35.4 Å². The number of nitrogens with one attached hydrogen (secondary N) is 1. The molecule has 5 nitrogen and oxygen atoms in total. The zero-order valence-corrected chi connectivity index (χ0v) is 11.9. The summed E-state index contributed by atoms with van der Waals surface area (Å²) >= 11 is 0. The molecule has 0 bridgehead atoms. The second-order valence-corrected chi connectivity index (χ2v) is 5.18. The Labute approximate surface area is 118 Å². The van der Waals surface area contributed by atoms with Crippen LogP contribution in [0.15, 0.2) is 24.3 Å². The van der Waals surface area contributed by atoms with Crippen LogP contribution < -0.4 is 5.32 Å². The predicted molar refractivity (Wildman–Crippen MR) is 74.5 cm³/mol. The molecule has 1 amide bonds. The number of aliphatic hydroxyl groups is 1. The van der Waals surface area contributed by atoms with E-state index in [4.69, 9.17) is 9.47 Å². The Morgan fingerprint density at radius 2 is 2.20 bits per heavy atom. The first-order valence-electron chi connectivity index (χ1n) is 6.75. The van der Waals surface area contributed by atoms with Crippen molar-refractivity contribution in [2.75, 3.05) is 20.3 Å². The van der Waals surface area contributed by atoms with E-state index in [1.165, 1.54) is 0 Å². The Bertz CT molecular complexity index is 459. The quantitative estimate of drug-likeness (QED) is 0.847. The fourth-order valence-corrected chi connectivity index (χ4v) is 2.26. The lowest BCUT2D eigenvalue weighted by molar-refractivity contribution is -0.0251. The summed E-state index contributed by atoms with van der Waals surface area (Å²) in [5.41, 5.74) is 0.617. The highest BCUT2D eigenvalue weighted by atomic mass is 16.5. The van der Waals surface area contributed by atoms with E-state index in [9.17, 15) is 9.90 Å². The number of benzene rings is 1. The van der Waals surface area contributed by atoms with E-state index in [0.717, 1.165) is 5.56 Å². The Kier molecular flexibility index (Phi) is 4.75. The maximum absolute atomic E-state index is 12.0. The normalized spacial score (nSPS) is 25.6. The van der Waals surface area contributed by atoms with Crippen molar-refractivity contribution in [3.8, 4) is 0 Å². The lowest BCUT2D eigenvalue weighted by Crippen LogP contribution is -2.47. The van der Waals surface area contributed by atoms with Crippen molar-refractivity contribution in [1.29, 1.82) is 0 Å². The summed E-state index contributed by atoms with van der Waals surface area (Å²) in [4.78, 5) is 12.0. The minimum absolute atomic E-state index is 0.193. The van der Waals surface area contributed by atoms with Crippen LogP contribution in [0.4, 0.5) is 0 Å². The van der Waals surface area contributed by atoms with Crippen molar-refractivity contribution in [1.82, 2.24) is 5.32 Å². The molecule has 1 saturated heterocycles. The summed E-state index contributed by atoms with van der Waals surface area (Å²) in [6, 6.07) is 7.22. The van der Waals surface area contributed by atoms with Crippen LogP contribution in [-0.2, 0) is 16.1 Å². The van der Waals surface area contributed by atoms with Gasteiger partial charge in [0.15, 0.2) is 0 Å². The molecule has 1 aromatic carbocycles. The molecule has 0 spiro atoms. The first-order chi connectivity index (χ1) is 9.55. The van der Waals surface area contributed by atoms with Gasteiger partial charge in [-0.25, -0.2) is 0 Å². The summed E-state index contributed by atoms with van der Waals surface area (Å²) in [5, 5.41) is 13.1. The number of carbonyl (C=O) groups excluding carboxylic acids is 1. The summed E-state index contributed by atoms with van der Waals surface area (Å²) in [6.45, 7) is 3.07. The number of rotatable bonds is 5. The minimum atomic E-state index is -0.967. The number of hydrogen-bond acceptors (Lipinski definition) is 4. The van der Waals surface area contributed by atoms with E-state index in [0.29, 0.717) is 25.2 Å². The van der Waals surface area contributed by atoms with E-state index in [2.05, 4.69) is 5.32 Å². The van der Waals surface area contributed by atoms with Crippen molar-refractivity contribution in [3.63, 3.8) is 0 Å². The highest BCUT2D eigenvalue weighted by molar-refractivity contribution is 5.94. The van der Waals surface area contributed by atoms with Gasteiger partial charge in [0.25, 0.3) is 5.91 Å². The highest BCUT2D eigenvalue weighted by Gasteiger charge is 2.39. The van der Waals surface area contributed by atoms with E-state index in [-0.39, 0.29) is 18.6 Å². The van der Waals surface area contributed by atoms with Gasteiger partial charge in [-0.15, -0.1) is 0 Å².